The van der Waals surface area contributed by atoms with Gasteiger partial charge in [-0.05, 0) is 26.0 Å². The predicted octanol–water partition coefficient (Wildman–Crippen LogP) is 1.40. The Bertz CT molecular complexity index is 531. The number of fused-ring (bicyclic) bond motifs is 1. The van der Waals surface area contributed by atoms with Crippen molar-refractivity contribution in [1.82, 2.24) is 4.90 Å². The van der Waals surface area contributed by atoms with Crippen LogP contribution in [0.25, 0.3) is 0 Å². The summed E-state index contributed by atoms with van der Waals surface area (Å²) < 4.78 is 11.4. The second-order valence-electron chi connectivity index (χ2n) is 4.93. The van der Waals surface area contributed by atoms with E-state index in [1.54, 1.807) is 6.07 Å². The van der Waals surface area contributed by atoms with Crippen molar-refractivity contribution >= 4 is 11.9 Å². The van der Waals surface area contributed by atoms with E-state index in [0.29, 0.717) is 31.2 Å². The molecule has 0 aromatic heterocycles. The fourth-order valence-electron chi connectivity index (χ4n) is 2.15. The number of ether oxygens (including phenoxy) is 2. The molecule has 114 valence electrons. The molecule has 21 heavy (non-hydrogen) atoms. The molecule has 2 rings (SSSR count). The van der Waals surface area contributed by atoms with Crippen LogP contribution < -0.4 is 9.47 Å². The first-order valence-electron chi connectivity index (χ1n) is 6.93. The molecule has 1 aromatic rings. The molecule has 0 spiro atoms. The van der Waals surface area contributed by atoms with Crippen LogP contribution >= 0.6 is 0 Å². The van der Waals surface area contributed by atoms with Gasteiger partial charge in [0.25, 0.3) is 0 Å². The number of carbonyl (C=O) groups excluding carboxylic acids is 1. The van der Waals surface area contributed by atoms with E-state index in [-0.39, 0.29) is 6.10 Å². The second kappa shape index (κ2) is 6.47. The fraction of sp³-hybridized carbons (Fsp3) is 0.467. The van der Waals surface area contributed by atoms with Crippen molar-refractivity contribution in [1.29, 1.82) is 0 Å². The lowest BCUT2D eigenvalue weighted by Crippen LogP contribution is -2.46. The summed E-state index contributed by atoms with van der Waals surface area (Å²) in [6.07, 6.45) is -0.301. The number of carboxylic acids is 1. The zero-order chi connectivity index (χ0) is 15.4. The number of hydrogen-bond donors (Lipinski definition) is 1. The number of amides is 1. The molecule has 1 aliphatic heterocycles. The number of aliphatic carboxylic acids is 1. The van der Waals surface area contributed by atoms with Crippen LogP contribution in [0.2, 0.25) is 0 Å². The highest BCUT2D eigenvalue weighted by Crippen LogP contribution is 2.31. The van der Waals surface area contributed by atoms with Gasteiger partial charge in [-0.25, -0.2) is 0 Å². The molecule has 1 aromatic carbocycles. The van der Waals surface area contributed by atoms with Gasteiger partial charge < -0.3 is 19.5 Å². The largest absolute Gasteiger partial charge is 0.486 e. The molecule has 0 radical (unpaired) electrons. The van der Waals surface area contributed by atoms with E-state index >= 15 is 0 Å². The number of benzene rings is 1. The maximum atomic E-state index is 12.1. The lowest BCUT2D eigenvalue weighted by Gasteiger charge is -2.31. The van der Waals surface area contributed by atoms with E-state index in [9.17, 15) is 9.59 Å². The number of carbonyl (C=O) groups is 2. The van der Waals surface area contributed by atoms with Crippen LogP contribution in [0.5, 0.6) is 11.5 Å². The van der Waals surface area contributed by atoms with Gasteiger partial charge in [0.2, 0.25) is 5.91 Å². The molecule has 0 saturated carbocycles. The summed E-state index contributed by atoms with van der Waals surface area (Å²) in [7, 11) is 0. The molecule has 6 heteroatoms. The molecule has 0 aliphatic carbocycles. The summed E-state index contributed by atoms with van der Waals surface area (Å²) in [5, 5.41) is 8.93. The summed E-state index contributed by atoms with van der Waals surface area (Å²) in [5.41, 5.74) is 0. The quantitative estimate of drug-likeness (QED) is 0.830. The standard InChI is InChI=1S/C15H19NO5/c1-3-16(14(17)10(2)15(18)19)8-11-9-20-12-6-4-5-7-13(12)21-11/h4-7,10-11H,3,8-9H2,1-2H3,(H,18,19). The molecular formula is C15H19NO5. The molecular weight excluding hydrogens is 274 g/mol. The minimum Gasteiger partial charge on any atom is -0.486 e. The third kappa shape index (κ3) is 3.45. The van der Waals surface area contributed by atoms with Crippen LogP contribution in [0.15, 0.2) is 24.3 Å². The topological polar surface area (TPSA) is 76.1 Å². The zero-order valence-electron chi connectivity index (χ0n) is 12.1. The van der Waals surface area contributed by atoms with E-state index in [1.807, 2.05) is 25.1 Å². The van der Waals surface area contributed by atoms with Crippen molar-refractivity contribution in [3.63, 3.8) is 0 Å². The number of para-hydroxylation sites is 2. The highest BCUT2D eigenvalue weighted by Gasteiger charge is 2.29. The van der Waals surface area contributed by atoms with Crippen molar-refractivity contribution in [3.8, 4) is 11.5 Å². The Hall–Kier alpha value is -2.24. The number of likely N-dealkylation sites (N-methyl/N-ethyl adjacent to an activating group) is 1. The summed E-state index contributed by atoms with van der Waals surface area (Å²) in [6, 6.07) is 7.33. The molecule has 0 saturated heterocycles. The van der Waals surface area contributed by atoms with Crippen molar-refractivity contribution < 1.29 is 24.2 Å². The van der Waals surface area contributed by atoms with Gasteiger partial charge in [-0.1, -0.05) is 12.1 Å². The molecule has 1 aliphatic rings. The van der Waals surface area contributed by atoms with Gasteiger partial charge in [0.05, 0.1) is 6.54 Å². The third-order valence-corrected chi connectivity index (χ3v) is 3.43. The minimum atomic E-state index is -1.12. The average Bonchev–Trinajstić information content (AvgIpc) is 2.50. The van der Waals surface area contributed by atoms with Crippen LogP contribution in [0, 0.1) is 5.92 Å². The molecule has 6 nitrogen and oxygen atoms in total. The smallest absolute Gasteiger partial charge is 0.315 e. The van der Waals surface area contributed by atoms with Crippen LogP contribution in [0.3, 0.4) is 0 Å². The normalized spacial score (nSPS) is 17.9. The predicted molar refractivity (Wildman–Crippen MR) is 75.4 cm³/mol. The van der Waals surface area contributed by atoms with Gasteiger partial charge in [0, 0.05) is 6.54 Å². The first-order valence-corrected chi connectivity index (χ1v) is 6.93. The monoisotopic (exact) mass is 293 g/mol. The zero-order valence-corrected chi connectivity index (χ0v) is 12.1. The van der Waals surface area contributed by atoms with Crippen molar-refractivity contribution in [2.75, 3.05) is 19.7 Å². The average molecular weight is 293 g/mol. The highest BCUT2D eigenvalue weighted by atomic mass is 16.6. The summed E-state index contributed by atoms with van der Waals surface area (Å²) in [6.45, 7) is 4.27. The van der Waals surface area contributed by atoms with E-state index in [4.69, 9.17) is 14.6 Å². The maximum Gasteiger partial charge on any atom is 0.315 e. The van der Waals surface area contributed by atoms with E-state index in [2.05, 4.69) is 0 Å². The summed E-state index contributed by atoms with van der Waals surface area (Å²) in [5.74, 6) is -1.26. The van der Waals surface area contributed by atoms with Crippen LogP contribution in [-0.4, -0.2) is 47.7 Å². The van der Waals surface area contributed by atoms with Gasteiger partial charge >= 0.3 is 5.97 Å². The highest BCUT2D eigenvalue weighted by molar-refractivity contribution is 5.96. The summed E-state index contributed by atoms with van der Waals surface area (Å²) in [4.78, 5) is 24.5. The van der Waals surface area contributed by atoms with Crippen LogP contribution in [-0.2, 0) is 9.59 Å². The Kier molecular flexibility index (Phi) is 4.67. The number of nitrogens with zero attached hydrogens (tertiary/aromatic N) is 1. The molecule has 2 atom stereocenters. The van der Waals surface area contributed by atoms with Gasteiger partial charge in [-0.3, -0.25) is 9.59 Å². The molecule has 1 amide bonds. The Morgan fingerprint density at radius 1 is 1.38 bits per heavy atom. The SMILES string of the molecule is CCN(CC1COc2ccccc2O1)C(=O)C(C)C(=O)O. The Morgan fingerprint density at radius 3 is 2.67 bits per heavy atom. The number of carboxylic acid groups (broad SMARTS) is 1. The van der Waals surface area contributed by atoms with Crippen molar-refractivity contribution in [3.05, 3.63) is 24.3 Å². The molecule has 0 bridgehead atoms. The fourth-order valence-corrected chi connectivity index (χ4v) is 2.15. The third-order valence-electron chi connectivity index (χ3n) is 3.43. The van der Waals surface area contributed by atoms with Crippen molar-refractivity contribution in [2.24, 2.45) is 5.92 Å². The Labute approximate surface area is 123 Å². The minimum absolute atomic E-state index is 0.301. The lowest BCUT2D eigenvalue weighted by molar-refractivity contribution is -0.150. The first kappa shape index (κ1) is 15.2. The summed E-state index contributed by atoms with van der Waals surface area (Å²) >= 11 is 0. The van der Waals surface area contributed by atoms with Gasteiger partial charge in [0.1, 0.15) is 12.5 Å². The van der Waals surface area contributed by atoms with E-state index in [0.717, 1.165) is 0 Å². The lowest BCUT2D eigenvalue weighted by atomic mass is 10.1. The van der Waals surface area contributed by atoms with Gasteiger partial charge in [0.15, 0.2) is 17.6 Å². The Balaban J connectivity index is 2.00. The van der Waals surface area contributed by atoms with Gasteiger partial charge in [-0.15, -0.1) is 0 Å². The molecule has 1 heterocycles. The Morgan fingerprint density at radius 2 is 2.05 bits per heavy atom. The van der Waals surface area contributed by atoms with Crippen LogP contribution in [0.1, 0.15) is 13.8 Å². The van der Waals surface area contributed by atoms with E-state index in [1.165, 1.54) is 11.8 Å². The molecule has 1 N–H and O–H groups in total. The number of rotatable bonds is 5. The first-order chi connectivity index (χ1) is 10.0. The number of hydrogen-bond acceptors (Lipinski definition) is 4. The van der Waals surface area contributed by atoms with Crippen molar-refractivity contribution in [2.45, 2.75) is 20.0 Å². The maximum absolute atomic E-state index is 12.1. The molecule has 2 unspecified atom stereocenters. The molecule has 0 fully saturated rings. The van der Waals surface area contributed by atoms with Gasteiger partial charge in [-0.2, -0.15) is 0 Å². The van der Waals surface area contributed by atoms with E-state index < -0.39 is 17.8 Å². The van der Waals surface area contributed by atoms with Crippen LogP contribution in [0.4, 0.5) is 0 Å². The second-order valence-corrected chi connectivity index (χ2v) is 4.93.